The van der Waals surface area contributed by atoms with Crippen molar-refractivity contribution in [2.75, 3.05) is 31.6 Å². The molecule has 0 bridgehead atoms. The quantitative estimate of drug-likeness (QED) is 0.455. The van der Waals surface area contributed by atoms with Crippen molar-refractivity contribution in [2.45, 2.75) is 77.7 Å². The third kappa shape index (κ3) is 9.45. The van der Waals surface area contributed by atoms with Crippen LogP contribution >= 0.6 is 0 Å². The van der Waals surface area contributed by atoms with E-state index in [0.717, 1.165) is 44.1 Å². The molecular weight excluding hydrogens is 352 g/mol. The Morgan fingerprint density at radius 2 is 1.71 bits per heavy atom. The molecular formula is C23H38N2O3. The summed E-state index contributed by atoms with van der Waals surface area (Å²) in [6, 6.07) is 7.49. The second-order valence-electron chi connectivity index (χ2n) is 7.84. The zero-order valence-corrected chi connectivity index (χ0v) is 17.8. The highest BCUT2D eigenvalue weighted by Gasteiger charge is 2.16. The molecule has 1 aliphatic rings. The number of amides is 1. The highest BCUT2D eigenvalue weighted by molar-refractivity contribution is 5.84. The first-order valence-electron chi connectivity index (χ1n) is 11.1. The van der Waals surface area contributed by atoms with Gasteiger partial charge in [-0.1, -0.05) is 45.4 Å². The third-order valence-corrected chi connectivity index (χ3v) is 5.14. The molecule has 1 N–H and O–H groups in total. The SMILES string of the molecule is CCCCCCCCOc1ccc(NC(=O)O[C@@H](C)CN2CCCCC2)cc1. The van der Waals surface area contributed by atoms with Crippen molar-refractivity contribution in [2.24, 2.45) is 0 Å². The summed E-state index contributed by atoms with van der Waals surface area (Å²) in [5.74, 6) is 0.839. The first-order chi connectivity index (χ1) is 13.7. The van der Waals surface area contributed by atoms with Crippen LogP contribution < -0.4 is 10.1 Å². The van der Waals surface area contributed by atoms with Crippen LogP contribution in [0.15, 0.2) is 24.3 Å². The minimum absolute atomic E-state index is 0.113. The summed E-state index contributed by atoms with van der Waals surface area (Å²) in [7, 11) is 0. The maximum Gasteiger partial charge on any atom is 0.411 e. The predicted molar refractivity (Wildman–Crippen MR) is 115 cm³/mol. The number of nitrogens with zero attached hydrogens (tertiary/aromatic N) is 1. The zero-order valence-electron chi connectivity index (χ0n) is 17.8. The number of piperidine rings is 1. The minimum Gasteiger partial charge on any atom is -0.494 e. The Labute approximate surface area is 170 Å². The molecule has 1 amide bonds. The number of nitrogens with one attached hydrogen (secondary N) is 1. The number of likely N-dealkylation sites (tertiary alicyclic amines) is 1. The molecule has 158 valence electrons. The molecule has 0 saturated carbocycles. The molecule has 1 fully saturated rings. The summed E-state index contributed by atoms with van der Waals surface area (Å²) in [4.78, 5) is 14.5. The zero-order chi connectivity index (χ0) is 20.0. The Bertz CT molecular complexity index is 541. The number of unbranched alkanes of at least 4 members (excludes halogenated alkanes) is 5. The fourth-order valence-corrected chi connectivity index (χ4v) is 3.58. The van der Waals surface area contributed by atoms with Gasteiger partial charge in [0.05, 0.1) is 6.61 Å². The fraction of sp³-hybridized carbons (Fsp3) is 0.696. The van der Waals surface area contributed by atoms with E-state index in [1.165, 1.54) is 51.4 Å². The Kier molecular flexibility index (Phi) is 10.8. The van der Waals surface area contributed by atoms with Gasteiger partial charge in [-0.3, -0.25) is 10.2 Å². The van der Waals surface area contributed by atoms with Crippen LogP contribution in [0.4, 0.5) is 10.5 Å². The Hall–Kier alpha value is -1.75. The van der Waals surface area contributed by atoms with E-state index in [1.807, 2.05) is 31.2 Å². The summed E-state index contributed by atoms with van der Waals surface area (Å²) in [6.45, 7) is 7.95. The van der Waals surface area contributed by atoms with Crippen LogP contribution in [0.3, 0.4) is 0 Å². The van der Waals surface area contributed by atoms with Crippen LogP contribution in [-0.2, 0) is 4.74 Å². The van der Waals surface area contributed by atoms with Gasteiger partial charge in [-0.15, -0.1) is 0 Å². The molecule has 0 radical (unpaired) electrons. The van der Waals surface area contributed by atoms with Gasteiger partial charge < -0.3 is 9.47 Å². The molecule has 0 unspecified atom stereocenters. The maximum atomic E-state index is 12.1. The molecule has 0 spiro atoms. The molecule has 1 heterocycles. The van der Waals surface area contributed by atoms with Crippen molar-refractivity contribution >= 4 is 11.8 Å². The van der Waals surface area contributed by atoms with Crippen LogP contribution in [0.2, 0.25) is 0 Å². The van der Waals surface area contributed by atoms with Crippen LogP contribution in [0.5, 0.6) is 5.75 Å². The van der Waals surface area contributed by atoms with Crippen molar-refractivity contribution in [3.05, 3.63) is 24.3 Å². The first-order valence-corrected chi connectivity index (χ1v) is 11.1. The summed E-state index contributed by atoms with van der Waals surface area (Å²) in [5, 5.41) is 2.80. The van der Waals surface area contributed by atoms with Crippen LogP contribution in [0.25, 0.3) is 0 Å². The number of carbonyl (C=O) groups excluding carboxylic acids is 1. The van der Waals surface area contributed by atoms with Crippen molar-refractivity contribution in [1.29, 1.82) is 0 Å². The van der Waals surface area contributed by atoms with Crippen molar-refractivity contribution in [3.63, 3.8) is 0 Å². The Morgan fingerprint density at radius 3 is 2.43 bits per heavy atom. The van der Waals surface area contributed by atoms with E-state index in [2.05, 4.69) is 17.1 Å². The Balaban J connectivity index is 1.60. The molecule has 28 heavy (non-hydrogen) atoms. The molecule has 5 heteroatoms. The van der Waals surface area contributed by atoms with Gasteiger partial charge in [0.15, 0.2) is 0 Å². The molecule has 0 aliphatic carbocycles. The summed E-state index contributed by atoms with van der Waals surface area (Å²) < 4.78 is 11.3. The van der Waals surface area contributed by atoms with Gasteiger partial charge in [-0.05, 0) is 63.5 Å². The number of hydrogen-bond donors (Lipinski definition) is 1. The average molecular weight is 391 g/mol. The number of ether oxygens (including phenoxy) is 2. The second kappa shape index (κ2) is 13.4. The van der Waals surface area contributed by atoms with Crippen LogP contribution in [0.1, 0.15) is 71.6 Å². The monoisotopic (exact) mass is 390 g/mol. The molecule has 1 atom stereocenters. The van der Waals surface area contributed by atoms with Gasteiger partial charge in [0.1, 0.15) is 11.9 Å². The standard InChI is InChI=1S/C23H38N2O3/c1-3-4-5-6-7-11-18-27-22-14-12-21(13-15-22)24-23(26)28-20(2)19-25-16-9-8-10-17-25/h12-15,20H,3-11,16-19H2,1-2H3,(H,24,26)/t20-/m0/s1. The van der Waals surface area contributed by atoms with Gasteiger partial charge in [0, 0.05) is 12.2 Å². The average Bonchev–Trinajstić information content (AvgIpc) is 2.69. The molecule has 5 nitrogen and oxygen atoms in total. The molecule has 1 aliphatic heterocycles. The smallest absolute Gasteiger partial charge is 0.411 e. The van der Waals surface area contributed by atoms with Gasteiger partial charge in [-0.25, -0.2) is 4.79 Å². The molecule has 0 aromatic heterocycles. The van der Waals surface area contributed by atoms with E-state index in [1.54, 1.807) is 0 Å². The second-order valence-corrected chi connectivity index (χ2v) is 7.84. The fourth-order valence-electron chi connectivity index (χ4n) is 3.58. The lowest BCUT2D eigenvalue weighted by Crippen LogP contribution is -2.37. The van der Waals surface area contributed by atoms with Gasteiger partial charge >= 0.3 is 6.09 Å². The lowest BCUT2D eigenvalue weighted by atomic mass is 10.1. The lowest BCUT2D eigenvalue weighted by Gasteiger charge is -2.28. The van der Waals surface area contributed by atoms with Gasteiger partial charge in [0.25, 0.3) is 0 Å². The number of benzene rings is 1. The van der Waals surface area contributed by atoms with Crippen molar-refractivity contribution in [3.8, 4) is 5.75 Å². The van der Waals surface area contributed by atoms with Gasteiger partial charge in [-0.2, -0.15) is 0 Å². The lowest BCUT2D eigenvalue weighted by molar-refractivity contribution is 0.0833. The number of anilines is 1. The van der Waals surface area contributed by atoms with E-state index in [0.29, 0.717) is 0 Å². The minimum atomic E-state index is -0.398. The first kappa shape index (κ1) is 22.5. The predicted octanol–water partition coefficient (Wildman–Crippen LogP) is 5.85. The number of hydrogen-bond acceptors (Lipinski definition) is 4. The topological polar surface area (TPSA) is 50.8 Å². The van der Waals surface area contributed by atoms with Crippen molar-refractivity contribution in [1.82, 2.24) is 4.90 Å². The van der Waals surface area contributed by atoms with E-state index in [9.17, 15) is 4.79 Å². The van der Waals surface area contributed by atoms with Gasteiger partial charge in [0.2, 0.25) is 0 Å². The Morgan fingerprint density at radius 1 is 1.04 bits per heavy atom. The normalized spacial score (nSPS) is 15.8. The van der Waals surface area contributed by atoms with Crippen molar-refractivity contribution < 1.29 is 14.3 Å². The number of rotatable bonds is 12. The van der Waals surface area contributed by atoms with E-state index in [-0.39, 0.29) is 6.10 Å². The molecule has 1 aromatic carbocycles. The molecule has 2 rings (SSSR count). The van der Waals surface area contributed by atoms with E-state index in [4.69, 9.17) is 9.47 Å². The maximum absolute atomic E-state index is 12.1. The van der Waals surface area contributed by atoms with E-state index < -0.39 is 6.09 Å². The molecule has 1 saturated heterocycles. The third-order valence-electron chi connectivity index (χ3n) is 5.14. The van der Waals surface area contributed by atoms with Crippen LogP contribution in [-0.4, -0.2) is 43.3 Å². The van der Waals surface area contributed by atoms with Crippen LogP contribution in [0, 0.1) is 0 Å². The summed E-state index contributed by atoms with van der Waals surface area (Å²) in [5.41, 5.74) is 0.724. The molecule has 1 aromatic rings. The summed E-state index contributed by atoms with van der Waals surface area (Å²) >= 11 is 0. The van der Waals surface area contributed by atoms with E-state index >= 15 is 0 Å². The highest BCUT2D eigenvalue weighted by Crippen LogP contribution is 2.17. The summed E-state index contributed by atoms with van der Waals surface area (Å²) in [6.07, 6.45) is 10.8. The largest absolute Gasteiger partial charge is 0.494 e. The highest BCUT2D eigenvalue weighted by atomic mass is 16.6. The number of carbonyl (C=O) groups is 1.